The number of hydrogen-bond donors (Lipinski definition) is 1. The summed E-state index contributed by atoms with van der Waals surface area (Å²) >= 11 is 0. The van der Waals surface area contributed by atoms with Crippen LogP contribution in [-0.4, -0.2) is 30.3 Å². The number of nitrogens with zero attached hydrogens (tertiary/aromatic N) is 1. The summed E-state index contributed by atoms with van der Waals surface area (Å²) < 4.78 is 9.71. The van der Waals surface area contributed by atoms with Crippen molar-refractivity contribution in [3.05, 3.63) is 12.2 Å². The average molecular weight is 268 g/mol. The van der Waals surface area contributed by atoms with Gasteiger partial charge in [-0.25, -0.2) is 9.59 Å². The highest BCUT2D eigenvalue weighted by atomic mass is 16.6. The maximum Gasteiger partial charge on any atom is 0.408 e. The van der Waals surface area contributed by atoms with E-state index >= 15 is 0 Å². The van der Waals surface area contributed by atoms with Gasteiger partial charge in [-0.3, -0.25) is 0 Å². The first-order valence-corrected chi connectivity index (χ1v) is 5.79. The molecule has 0 saturated heterocycles. The number of esters is 1. The van der Waals surface area contributed by atoms with Gasteiger partial charge in [0.1, 0.15) is 5.60 Å². The molecule has 0 bridgehead atoms. The molecule has 0 aromatic heterocycles. The fourth-order valence-corrected chi connectivity index (χ4v) is 1.24. The lowest BCUT2D eigenvalue weighted by Gasteiger charge is -2.27. The predicted molar refractivity (Wildman–Crippen MR) is 69.2 cm³/mol. The van der Waals surface area contributed by atoms with Crippen molar-refractivity contribution in [3.63, 3.8) is 0 Å². The van der Waals surface area contributed by atoms with E-state index in [0.29, 0.717) is 0 Å². The molecule has 0 spiro atoms. The van der Waals surface area contributed by atoms with Crippen LogP contribution in [0.4, 0.5) is 4.79 Å². The Morgan fingerprint density at radius 2 is 1.89 bits per heavy atom. The number of ether oxygens (including phenoxy) is 2. The number of alkyl carbamates (subject to hydrolysis) is 1. The van der Waals surface area contributed by atoms with Crippen LogP contribution in [0, 0.1) is 11.3 Å². The molecule has 1 amide bonds. The molecule has 0 aliphatic carbocycles. The molecule has 19 heavy (non-hydrogen) atoms. The first kappa shape index (κ1) is 17.0. The SMILES string of the molecule is COC(=O)C(C)(C=CCC#N)NC(=O)OC(C)(C)C. The Labute approximate surface area is 113 Å². The Bertz CT molecular complexity index is 404. The quantitative estimate of drug-likeness (QED) is 0.621. The summed E-state index contributed by atoms with van der Waals surface area (Å²) in [5.74, 6) is -0.646. The molecule has 1 unspecified atom stereocenters. The summed E-state index contributed by atoms with van der Waals surface area (Å²) in [5.41, 5.74) is -2.04. The van der Waals surface area contributed by atoms with Crippen molar-refractivity contribution in [2.45, 2.75) is 45.3 Å². The van der Waals surface area contributed by atoms with Crippen molar-refractivity contribution < 1.29 is 19.1 Å². The van der Waals surface area contributed by atoms with Crippen molar-refractivity contribution >= 4 is 12.1 Å². The Morgan fingerprint density at radius 1 is 1.32 bits per heavy atom. The number of hydrogen-bond acceptors (Lipinski definition) is 5. The Balaban J connectivity index is 4.93. The van der Waals surface area contributed by atoms with Gasteiger partial charge in [0.05, 0.1) is 19.6 Å². The van der Waals surface area contributed by atoms with Crippen LogP contribution < -0.4 is 5.32 Å². The largest absolute Gasteiger partial charge is 0.467 e. The minimum Gasteiger partial charge on any atom is -0.467 e. The third-order valence-electron chi connectivity index (χ3n) is 2.03. The van der Waals surface area contributed by atoms with Gasteiger partial charge in [0.15, 0.2) is 5.54 Å². The van der Waals surface area contributed by atoms with E-state index in [-0.39, 0.29) is 6.42 Å². The molecule has 0 saturated carbocycles. The van der Waals surface area contributed by atoms with E-state index in [4.69, 9.17) is 10.00 Å². The molecule has 0 aromatic rings. The molecular formula is C13H20N2O4. The lowest BCUT2D eigenvalue weighted by Crippen LogP contribution is -2.52. The van der Waals surface area contributed by atoms with Crippen molar-refractivity contribution in [1.29, 1.82) is 5.26 Å². The molecule has 6 heteroatoms. The molecule has 0 rings (SSSR count). The molecule has 1 atom stereocenters. The summed E-state index contributed by atoms with van der Waals surface area (Å²) in [7, 11) is 1.22. The maximum absolute atomic E-state index is 11.7. The van der Waals surface area contributed by atoms with Gasteiger partial charge in [0.25, 0.3) is 0 Å². The van der Waals surface area contributed by atoms with E-state index < -0.39 is 23.2 Å². The molecule has 0 fully saturated rings. The highest BCUT2D eigenvalue weighted by Gasteiger charge is 2.34. The van der Waals surface area contributed by atoms with Crippen LogP contribution in [0.3, 0.4) is 0 Å². The van der Waals surface area contributed by atoms with Gasteiger partial charge in [-0.2, -0.15) is 5.26 Å². The van der Waals surface area contributed by atoms with Gasteiger partial charge in [-0.1, -0.05) is 12.2 Å². The zero-order chi connectivity index (χ0) is 15.1. The third kappa shape index (κ3) is 6.46. The average Bonchev–Trinajstić information content (AvgIpc) is 2.25. The smallest absolute Gasteiger partial charge is 0.408 e. The zero-order valence-corrected chi connectivity index (χ0v) is 11.9. The highest BCUT2D eigenvalue weighted by molar-refractivity contribution is 5.87. The van der Waals surface area contributed by atoms with Crippen molar-refractivity contribution in [2.75, 3.05) is 7.11 Å². The van der Waals surface area contributed by atoms with Crippen LogP contribution in [-0.2, 0) is 14.3 Å². The van der Waals surface area contributed by atoms with Crippen LogP contribution in [0.2, 0.25) is 0 Å². The van der Waals surface area contributed by atoms with Gasteiger partial charge in [0, 0.05) is 0 Å². The lowest BCUT2D eigenvalue weighted by atomic mass is 10.0. The fourth-order valence-electron chi connectivity index (χ4n) is 1.24. The monoisotopic (exact) mass is 268 g/mol. The number of carbonyl (C=O) groups excluding carboxylic acids is 2. The molecule has 6 nitrogen and oxygen atoms in total. The highest BCUT2D eigenvalue weighted by Crippen LogP contribution is 2.12. The molecular weight excluding hydrogens is 248 g/mol. The summed E-state index contributed by atoms with van der Waals surface area (Å²) in [6.07, 6.45) is 2.28. The summed E-state index contributed by atoms with van der Waals surface area (Å²) in [5, 5.41) is 10.9. The number of methoxy groups -OCH3 is 1. The van der Waals surface area contributed by atoms with Crippen molar-refractivity contribution in [2.24, 2.45) is 0 Å². The summed E-state index contributed by atoms with van der Waals surface area (Å²) in [6.45, 7) is 6.62. The molecule has 106 valence electrons. The fraction of sp³-hybridized carbons (Fsp3) is 0.615. The summed E-state index contributed by atoms with van der Waals surface area (Å²) in [4.78, 5) is 23.4. The molecule has 0 aromatic carbocycles. The van der Waals surface area contributed by atoms with E-state index in [1.54, 1.807) is 20.8 Å². The van der Waals surface area contributed by atoms with E-state index in [9.17, 15) is 9.59 Å². The minimum atomic E-state index is -1.37. The second-order valence-corrected chi connectivity index (χ2v) is 5.09. The van der Waals surface area contributed by atoms with E-state index in [0.717, 1.165) is 0 Å². The van der Waals surface area contributed by atoms with Crippen LogP contribution >= 0.6 is 0 Å². The van der Waals surface area contributed by atoms with Crippen LogP contribution in [0.15, 0.2) is 12.2 Å². The van der Waals surface area contributed by atoms with Gasteiger partial charge in [0.2, 0.25) is 0 Å². The van der Waals surface area contributed by atoms with Gasteiger partial charge in [-0.05, 0) is 27.7 Å². The maximum atomic E-state index is 11.7. The Hall–Kier alpha value is -2.03. The molecule has 0 aliphatic heterocycles. The molecule has 0 radical (unpaired) electrons. The van der Waals surface area contributed by atoms with Gasteiger partial charge >= 0.3 is 12.1 Å². The number of rotatable bonds is 4. The van der Waals surface area contributed by atoms with Crippen molar-refractivity contribution in [1.82, 2.24) is 5.32 Å². The van der Waals surface area contributed by atoms with E-state index in [2.05, 4.69) is 10.1 Å². The van der Waals surface area contributed by atoms with Gasteiger partial charge < -0.3 is 14.8 Å². The number of nitriles is 1. The second kappa shape index (κ2) is 6.78. The van der Waals surface area contributed by atoms with Crippen molar-refractivity contribution in [3.8, 4) is 6.07 Å². The van der Waals surface area contributed by atoms with Crippen LogP contribution in [0.5, 0.6) is 0 Å². The van der Waals surface area contributed by atoms with E-state index in [1.807, 2.05) is 6.07 Å². The Morgan fingerprint density at radius 3 is 2.32 bits per heavy atom. The Kier molecular flexibility index (Phi) is 6.06. The zero-order valence-electron chi connectivity index (χ0n) is 11.9. The second-order valence-electron chi connectivity index (χ2n) is 5.09. The van der Waals surface area contributed by atoms with Gasteiger partial charge in [-0.15, -0.1) is 0 Å². The molecule has 1 N–H and O–H groups in total. The number of amides is 1. The molecule has 0 heterocycles. The van der Waals surface area contributed by atoms with E-state index in [1.165, 1.54) is 26.2 Å². The predicted octanol–water partition coefficient (Wildman–Crippen LogP) is 1.91. The number of nitrogens with one attached hydrogen (secondary N) is 1. The number of allylic oxidation sites excluding steroid dienone is 1. The standard InChI is InChI=1S/C13H20N2O4/c1-12(2,3)19-11(17)15-13(4,10(16)18-5)8-6-7-9-14/h6,8H,7H2,1-5H3,(H,15,17). The van der Waals surface area contributed by atoms with Crippen LogP contribution in [0.25, 0.3) is 0 Å². The van der Waals surface area contributed by atoms with Crippen LogP contribution in [0.1, 0.15) is 34.1 Å². The first-order chi connectivity index (χ1) is 8.64. The molecule has 0 aliphatic rings. The summed E-state index contributed by atoms with van der Waals surface area (Å²) in [6, 6.07) is 1.91. The third-order valence-corrected chi connectivity index (χ3v) is 2.03. The normalized spacial score (nSPS) is 14.3. The topological polar surface area (TPSA) is 88.4 Å². The first-order valence-electron chi connectivity index (χ1n) is 5.79. The lowest BCUT2D eigenvalue weighted by molar-refractivity contribution is -0.145. The number of carbonyl (C=O) groups is 2. The minimum absolute atomic E-state index is 0.128.